The first-order valence-electron chi connectivity index (χ1n) is 10.6. The van der Waals surface area contributed by atoms with Gasteiger partial charge in [-0.3, -0.25) is 18.5 Å². The van der Waals surface area contributed by atoms with Gasteiger partial charge in [0.15, 0.2) is 6.23 Å². The molecular weight excluding hydrogens is 607 g/mol. The fourth-order valence-electron chi connectivity index (χ4n) is 3.47. The highest BCUT2D eigenvalue weighted by Gasteiger charge is 2.47. The third-order valence-corrected chi connectivity index (χ3v) is 8.96. The number of aliphatic hydroxyl groups excluding tert-OH is 2. The van der Waals surface area contributed by atoms with Gasteiger partial charge in [-0.25, -0.2) is 18.5 Å². The van der Waals surface area contributed by atoms with Crippen LogP contribution in [0.3, 0.4) is 0 Å². The van der Waals surface area contributed by atoms with Crippen LogP contribution in [0, 0.1) is 19.3 Å². The van der Waals surface area contributed by atoms with Crippen molar-refractivity contribution in [2.45, 2.75) is 38.0 Å². The molecule has 22 heteroatoms. The SMILES string of the molecule is C#C/C=C\c1c(Cn2c(=O)ccn(C3OC(COP(=O)(O)OP(=O)(O)OP(=O)(O)O)C(O)C3O)c2=O)noc1C. The lowest BCUT2D eigenvalue weighted by Gasteiger charge is -2.19. The number of aromatic nitrogens is 3. The van der Waals surface area contributed by atoms with E-state index in [4.69, 9.17) is 25.5 Å². The first-order chi connectivity index (χ1) is 18.4. The lowest BCUT2D eigenvalue weighted by Crippen LogP contribution is -2.43. The van der Waals surface area contributed by atoms with Crippen molar-refractivity contribution < 1.29 is 65.9 Å². The summed E-state index contributed by atoms with van der Waals surface area (Å²) >= 11 is 0. The normalized spacial score (nSPS) is 24.6. The quantitative estimate of drug-likeness (QED) is 0.128. The minimum absolute atomic E-state index is 0.169. The van der Waals surface area contributed by atoms with Crippen LogP contribution in [0.1, 0.15) is 23.2 Å². The van der Waals surface area contributed by atoms with Crippen molar-refractivity contribution in [3.8, 4) is 12.3 Å². The highest BCUT2D eigenvalue weighted by Crippen LogP contribution is 2.66. The van der Waals surface area contributed by atoms with Gasteiger partial charge in [-0.2, -0.15) is 8.62 Å². The highest BCUT2D eigenvalue weighted by atomic mass is 31.3. The van der Waals surface area contributed by atoms with E-state index in [0.29, 0.717) is 15.9 Å². The predicted octanol–water partition coefficient (Wildman–Crippen LogP) is -1.04. The predicted molar refractivity (Wildman–Crippen MR) is 129 cm³/mol. The zero-order valence-corrected chi connectivity index (χ0v) is 22.7. The molecule has 0 aromatic carbocycles. The van der Waals surface area contributed by atoms with Gasteiger partial charge in [0.1, 0.15) is 29.8 Å². The maximum atomic E-state index is 13.1. The Labute approximate surface area is 223 Å². The molecule has 0 aliphatic carbocycles. The van der Waals surface area contributed by atoms with Gasteiger partial charge in [-0.1, -0.05) is 11.1 Å². The smallest absolute Gasteiger partial charge is 0.387 e. The molecule has 1 aliphatic heterocycles. The molecule has 1 fully saturated rings. The summed E-state index contributed by atoms with van der Waals surface area (Å²) in [5.74, 6) is 2.63. The largest absolute Gasteiger partial charge is 0.490 e. The summed E-state index contributed by atoms with van der Waals surface area (Å²) in [7, 11) is -17.0. The molecule has 19 nitrogen and oxygen atoms in total. The fourth-order valence-corrected chi connectivity index (χ4v) is 6.50. The molecule has 0 bridgehead atoms. The van der Waals surface area contributed by atoms with Crippen molar-refractivity contribution in [1.82, 2.24) is 14.3 Å². The second kappa shape index (κ2) is 12.1. The number of hydrogen-bond acceptors (Lipinski definition) is 13. The molecule has 40 heavy (non-hydrogen) atoms. The van der Waals surface area contributed by atoms with Crippen molar-refractivity contribution in [3.05, 3.63) is 56.2 Å². The summed E-state index contributed by atoms with van der Waals surface area (Å²) in [5.41, 5.74) is -1.21. The number of hydrogen-bond donors (Lipinski definition) is 6. The molecule has 1 aliphatic rings. The summed E-state index contributed by atoms with van der Waals surface area (Å²) in [5, 5.41) is 24.6. The standard InChI is InChI=1S/C18H22N3O16P3/c1-3-4-5-11-10(2)35-19-12(11)8-21-14(22)6-7-20(18(21)25)17-16(24)15(23)13(34-17)9-33-39(29,30)37-40(31,32)36-38(26,27)28/h1,4-7,13,15-17,23-24H,8-9H2,2H3,(H,29,30)(H,31,32)(H2,26,27,28)/b5-4-. The maximum Gasteiger partial charge on any atom is 0.490 e. The Morgan fingerprint density at radius 2 is 1.80 bits per heavy atom. The van der Waals surface area contributed by atoms with Gasteiger partial charge < -0.3 is 39.0 Å². The summed E-state index contributed by atoms with van der Waals surface area (Å²) in [6.45, 7) is 0.0855. The van der Waals surface area contributed by atoms with Crippen molar-refractivity contribution in [1.29, 1.82) is 0 Å². The minimum atomic E-state index is -5.80. The lowest BCUT2D eigenvalue weighted by molar-refractivity contribution is -0.0547. The Balaban J connectivity index is 1.79. The average Bonchev–Trinajstić information content (AvgIpc) is 3.30. The minimum Gasteiger partial charge on any atom is -0.387 e. The number of aryl methyl sites for hydroxylation is 1. The van der Waals surface area contributed by atoms with Crippen LogP contribution < -0.4 is 11.2 Å². The molecule has 0 spiro atoms. The van der Waals surface area contributed by atoms with E-state index >= 15 is 0 Å². The molecule has 2 aromatic heterocycles. The third kappa shape index (κ3) is 7.81. The monoisotopic (exact) mass is 629 g/mol. The number of nitrogens with zero attached hydrogens (tertiary/aromatic N) is 3. The van der Waals surface area contributed by atoms with Crippen LogP contribution >= 0.6 is 23.5 Å². The van der Waals surface area contributed by atoms with Crippen LogP contribution in [0.25, 0.3) is 6.08 Å². The van der Waals surface area contributed by atoms with Gasteiger partial charge in [-0.15, -0.1) is 6.42 Å². The number of phosphoric ester groups is 1. The van der Waals surface area contributed by atoms with Gasteiger partial charge in [0.05, 0.1) is 13.2 Å². The van der Waals surface area contributed by atoms with E-state index in [-0.39, 0.29) is 12.2 Å². The second-order valence-electron chi connectivity index (χ2n) is 7.96. The molecule has 0 amide bonds. The molecule has 3 heterocycles. The Hall–Kier alpha value is -2.52. The summed E-state index contributed by atoms with van der Waals surface area (Å²) in [6, 6.07) is 0.952. The van der Waals surface area contributed by atoms with Crippen molar-refractivity contribution in [2.75, 3.05) is 6.61 Å². The van der Waals surface area contributed by atoms with Crippen LogP contribution in [0.15, 0.2) is 32.5 Å². The van der Waals surface area contributed by atoms with Crippen molar-refractivity contribution >= 4 is 29.5 Å². The highest BCUT2D eigenvalue weighted by molar-refractivity contribution is 7.66. The van der Waals surface area contributed by atoms with E-state index < -0.39 is 65.9 Å². The zero-order valence-electron chi connectivity index (χ0n) is 20.1. The molecular formula is C18H22N3O16P3. The molecule has 0 radical (unpaired) electrons. The fraction of sp³-hybridized carbons (Fsp3) is 0.389. The number of ether oxygens (including phenoxy) is 1. The number of aliphatic hydroxyl groups is 2. The lowest BCUT2D eigenvalue weighted by atomic mass is 10.1. The first-order valence-corrected chi connectivity index (χ1v) is 15.2. The number of phosphoric acid groups is 3. The molecule has 6 atom stereocenters. The van der Waals surface area contributed by atoms with E-state index in [0.717, 1.165) is 16.8 Å². The number of rotatable bonds is 11. The average molecular weight is 629 g/mol. The van der Waals surface area contributed by atoms with Crippen LogP contribution in [-0.4, -0.2) is 69.0 Å². The van der Waals surface area contributed by atoms with E-state index in [1.54, 1.807) is 6.92 Å². The molecule has 6 N–H and O–H groups in total. The molecule has 0 saturated carbocycles. The molecule has 3 rings (SSSR count). The van der Waals surface area contributed by atoms with E-state index in [2.05, 4.69) is 24.2 Å². The van der Waals surface area contributed by atoms with Gasteiger partial charge in [0.2, 0.25) is 0 Å². The summed E-state index contributed by atoms with van der Waals surface area (Å²) in [4.78, 5) is 61.5. The van der Waals surface area contributed by atoms with Crippen LogP contribution in [-0.2, 0) is 38.1 Å². The van der Waals surface area contributed by atoms with E-state index in [1.807, 2.05) is 0 Å². The van der Waals surface area contributed by atoms with E-state index in [1.165, 1.54) is 12.2 Å². The molecule has 1 saturated heterocycles. The Morgan fingerprint density at radius 3 is 2.42 bits per heavy atom. The summed E-state index contributed by atoms with van der Waals surface area (Å²) in [6.07, 6.45) is 1.95. The Kier molecular flexibility index (Phi) is 9.72. The zero-order chi connectivity index (χ0) is 30.0. The molecule has 6 unspecified atom stereocenters. The van der Waals surface area contributed by atoms with Crippen LogP contribution in [0.5, 0.6) is 0 Å². The van der Waals surface area contributed by atoms with Gasteiger partial charge in [-0.05, 0) is 19.1 Å². The van der Waals surface area contributed by atoms with Gasteiger partial charge in [0.25, 0.3) is 5.56 Å². The Bertz CT molecular complexity index is 1580. The topological polar surface area (TPSA) is 280 Å². The summed E-state index contributed by atoms with van der Waals surface area (Å²) < 4.78 is 57.6. The van der Waals surface area contributed by atoms with Crippen LogP contribution in [0.4, 0.5) is 0 Å². The van der Waals surface area contributed by atoms with E-state index in [9.17, 15) is 43.3 Å². The maximum absolute atomic E-state index is 13.1. The third-order valence-electron chi connectivity index (χ3n) is 5.16. The first kappa shape index (κ1) is 32.0. The van der Waals surface area contributed by atoms with Crippen molar-refractivity contribution in [3.63, 3.8) is 0 Å². The number of allylic oxidation sites excluding steroid dienone is 1. The Morgan fingerprint density at radius 1 is 1.12 bits per heavy atom. The number of terminal acetylenes is 1. The van der Waals surface area contributed by atoms with Crippen molar-refractivity contribution in [2.24, 2.45) is 0 Å². The molecule has 220 valence electrons. The van der Waals surface area contributed by atoms with Crippen LogP contribution in [0.2, 0.25) is 0 Å². The van der Waals surface area contributed by atoms with Gasteiger partial charge in [0, 0.05) is 17.8 Å². The second-order valence-corrected chi connectivity index (χ2v) is 12.4. The molecule has 2 aromatic rings. The van der Waals surface area contributed by atoms with Gasteiger partial charge >= 0.3 is 29.2 Å².